The Balaban J connectivity index is 1.47. The van der Waals surface area contributed by atoms with Gasteiger partial charge in [-0.3, -0.25) is 14.5 Å². The number of amides is 1. The Bertz CT molecular complexity index is 1430. The summed E-state index contributed by atoms with van der Waals surface area (Å²) in [7, 11) is 0. The normalized spacial score (nSPS) is 21.4. The van der Waals surface area contributed by atoms with Gasteiger partial charge in [0.15, 0.2) is 5.78 Å². The second-order valence-corrected chi connectivity index (χ2v) is 11.9. The molecule has 2 aliphatic carbocycles. The summed E-state index contributed by atoms with van der Waals surface area (Å²) in [6.45, 7) is 6.58. The number of hydrogen-bond donors (Lipinski definition) is 1. The first-order valence-corrected chi connectivity index (χ1v) is 13.5. The molecule has 1 amide bonds. The van der Waals surface area contributed by atoms with Crippen LogP contribution in [0.3, 0.4) is 0 Å². The zero-order chi connectivity index (χ0) is 26.6. The first kappa shape index (κ1) is 24.6. The van der Waals surface area contributed by atoms with Gasteiger partial charge in [-0.1, -0.05) is 69.3 Å². The molecule has 1 N–H and O–H groups in total. The molecule has 194 valence electrons. The molecule has 4 nitrogen and oxygen atoms in total. The third kappa shape index (κ3) is 4.44. The Hall–Kier alpha value is -3.73. The molecule has 38 heavy (non-hydrogen) atoms. The number of allylic oxidation sites excluding steroid dienone is 1. The summed E-state index contributed by atoms with van der Waals surface area (Å²) >= 11 is 0. The molecular formula is C33H33FN2O2. The predicted molar refractivity (Wildman–Crippen MR) is 149 cm³/mol. The fraction of sp³-hybridized carbons (Fsp3) is 0.333. The van der Waals surface area contributed by atoms with Crippen LogP contribution in [-0.2, 0) is 15.0 Å². The number of carbonyl (C=O) groups excluding carboxylic acids is 2. The van der Waals surface area contributed by atoms with Crippen LogP contribution < -0.4 is 10.2 Å². The lowest BCUT2D eigenvalue weighted by atomic mass is 9.77. The molecule has 0 unspecified atom stereocenters. The molecule has 0 bridgehead atoms. The van der Waals surface area contributed by atoms with Crippen LogP contribution in [-0.4, -0.2) is 11.7 Å². The molecule has 0 radical (unpaired) electrons. The van der Waals surface area contributed by atoms with E-state index in [1.54, 1.807) is 17.0 Å². The molecule has 6 rings (SSSR count). The van der Waals surface area contributed by atoms with Crippen molar-refractivity contribution in [3.8, 4) is 0 Å². The number of Topliss-reactive ketones (excluding diaryl/α,β-unsaturated/α-hetero) is 1. The van der Waals surface area contributed by atoms with Gasteiger partial charge >= 0.3 is 0 Å². The molecule has 1 fully saturated rings. The number of fused-ring (bicyclic) bond motifs is 1. The minimum absolute atomic E-state index is 0.0232. The van der Waals surface area contributed by atoms with Crippen LogP contribution in [0.4, 0.5) is 15.8 Å². The SMILES string of the molecule is CC(C)(C)c1ccc([C@@H]2CC(=O)C3=C(C2)Nc2ccccc2N(C(=O)C2CC2)[C@H]3c2ccc(F)cc2)cc1. The topological polar surface area (TPSA) is 49.4 Å². The van der Waals surface area contributed by atoms with Gasteiger partial charge in [0.25, 0.3) is 0 Å². The summed E-state index contributed by atoms with van der Waals surface area (Å²) in [5, 5.41) is 3.57. The van der Waals surface area contributed by atoms with E-state index < -0.39 is 6.04 Å². The third-order valence-corrected chi connectivity index (χ3v) is 8.09. The molecule has 1 saturated carbocycles. The fourth-order valence-corrected chi connectivity index (χ4v) is 5.81. The number of halogens is 1. The zero-order valence-electron chi connectivity index (χ0n) is 22.1. The highest BCUT2D eigenvalue weighted by Gasteiger charge is 2.45. The van der Waals surface area contributed by atoms with Crippen LogP contribution in [0.1, 0.15) is 75.1 Å². The van der Waals surface area contributed by atoms with Gasteiger partial charge in [-0.2, -0.15) is 0 Å². The van der Waals surface area contributed by atoms with E-state index >= 15 is 0 Å². The Morgan fingerprint density at radius 1 is 0.895 bits per heavy atom. The van der Waals surface area contributed by atoms with Crippen molar-refractivity contribution in [2.24, 2.45) is 5.92 Å². The third-order valence-electron chi connectivity index (χ3n) is 8.09. The summed E-state index contributed by atoms with van der Waals surface area (Å²) in [5.41, 5.74) is 6.23. The smallest absolute Gasteiger partial charge is 0.231 e. The van der Waals surface area contributed by atoms with Crippen LogP contribution in [0.5, 0.6) is 0 Å². The average molecular weight is 509 g/mol. The summed E-state index contributed by atoms with van der Waals surface area (Å²) in [5.74, 6) is -0.297. The molecule has 1 heterocycles. The lowest BCUT2D eigenvalue weighted by molar-refractivity contribution is -0.120. The lowest BCUT2D eigenvalue weighted by Gasteiger charge is -2.35. The quantitative estimate of drug-likeness (QED) is 0.400. The molecule has 1 aliphatic heterocycles. The number of anilines is 2. The first-order chi connectivity index (χ1) is 18.2. The number of para-hydroxylation sites is 2. The van der Waals surface area contributed by atoms with Crippen LogP contribution >= 0.6 is 0 Å². The number of hydrogen-bond acceptors (Lipinski definition) is 3. The van der Waals surface area contributed by atoms with Crippen molar-refractivity contribution in [3.05, 3.63) is 107 Å². The van der Waals surface area contributed by atoms with Gasteiger partial charge in [-0.25, -0.2) is 4.39 Å². The predicted octanol–water partition coefficient (Wildman–Crippen LogP) is 7.43. The Morgan fingerprint density at radius 3 is 2.21 bits per heavy atom. The average Bonchev–Trinajstić information content (AvgIpc) is 3.75. The van der Waals surface area contributed by atoms with Crippen molar-refractivity contribution in [2.75, 3.05) is 10.2 Å². The maximum atomic E-state index is 14.0. The lowest BCUT2D eigenvalue weighted by Crippen LogP contribution is -2.39. The van der Waals surface area contributed by atoms with Crippen molar-refractivity contribution in [3.63, 3.8) is 0 Å². The molecule has 3 aromatic carbocycles. The monoisotopic (exact) mass is 508 g/mol. The van der Waals surface area contributed by atoms with Gasteiger partial charge in [0.2, 0.25) is 5.91 Å². The number of nitrogens with zero attached hydrogens (tertiary/aromatic N) is 1. The molecule has 0 spiro atoms. The highest BCUT2D eigenvalue weighted by atomic mass is 19.1. The van der Waals surface area contributed by atoms with E-state index in [-0.39, 0.29) is 34.8 Å². The van der Waals surface area contributed by atoms with Gasteiger partial charge in [-0.05, 0) is 71.6 Å². The summed E-state index contributed by atoms with van der Waals surface area (Å²) in [4.78, 5) is 29.6. The summed E-state index contributed by atoms with van der Waals surface area (Å²) < 4.78 is 13.9. The standard InChI is InChI=1S/C33H33FN2O2/c1-33(2,3)24-14-10-20(11-15-24)23-18-27-30(29(37)19-23)31(21-12-16-25(34)17-13-21)36(32(38)22-8-9-22)28-7-5-4-6-26(28)35-27/h4-7,10-17,22-23,31,35H,8-9,18-19H2,1-3H3/t23-,31-/m0/s1. The Kier molecular flexibility index (Phi) is 5.97. The van der Waals surface area contributed by atoms with Gasteiger partial charge in [0.1, 0.15) is 5.82 Å². The van der Waals surface area contributed by atoms with Crippen LogP contribution in [0.2, 0.25) is 0 Å². The van der Waals surface area contributed by atoms with E-state index in [9.17, 15) is 14.0 Å². The molecule has 3 aromatic rings. The molecular weight excluding hydrogens is 475 g/mol. The zero-order valence-corrected chi connectivity index (χ0v) is 22.1. The molecule has 2 atom stereocenters. The summed E-state index contributed by atoms with van der Waals surface area (Å²) in [6.07, 6.45) is 2.74. The van der Waals surface area contributed by atoms with E-state index in [1.165, 1.54) is 17.7 Å². The molecule has 5 heteroatoms. The molecule has 0 saturated heterocycles. The largest absolute Gasteiger partial charge is 0.357 e. The van der Waals surface area contributed by atoms with Gasteiger partial charge in [-0.15, -0.1) is 0 Å². The van der Waals surface area contributed by atoms with Gasteiger partial charge < -0.3 is 5.32 Å². The van der Waals surface area contributed by atoms with E-state index in [0.29, 0.717) is 18.4 Å². The number of ketones is 1. The minimum Gasteiger partial charge on any atom is -0.357 e. The van der Waals surface area contributed by atoms with Crippen LogP contribution in [0.25, 0.3) is 0 Å². The van der Waals surface area contributed by atoms with Gasteiger partial charge in [0, 0.05) is 23.6 Å². The van der Waals surface area contributed by atoms with Crippen LogP contribution in [0, 0.1) is 11.7 Å². The maximum Gasteiger partial charge on any atom is 0.231 e. The number of benzene rings is 3. The van der Waals surface area contributed by atoms with E-state index in [2.05, 4.69) is 50.4 Å². The van der Waals surface area contributed by atoms with E-state index in [0.717, 1.165) is 41.0 Å². The highest BCUT2D eigenvalue weighted by molar-refractivity contribution is 6.07. The van der Waals surface area contributed by atoms with Crippen molar-refractivity contribution < 1.29 is 14.0 Å². The van der Waals surface area contributed by atoms with Crippen LogP contribution in [0.15, 0.2) is 84.1 Å². The first-order valence-electron chi connectivity index (χ1n) is 13.5. The van der Waals surface area contributed by atoms with Crippen molar-refractivity contribution in [2.45, 2.75) is 63.8 Å². The Morgan fingerprint density at radius 2 is 1.55 bits per heavy atom. The maximum absolute atomic E-state index is 14.0. The number of nitrogens with one attached hydrogen (secondary N) is 1. The van der Waals surface area contributed by atoms with E-state index in [4.69, 9.17) is 0 Å². The molecule has 0 aromatic heterocycles. The molecule has 3 aliphatic rings. The van der Waals surface area contributed by atoms with Crippen molar-refractivity contribution >= 4 is 23.1 Å². The second kappa shape index (κ2) is 9.23. The highest BCUT2D eigenvalue weighted by Crippen LogP contribution is 2.49. The van der Waals surface area contributed by atoms with E-state index in [1.807, 2.05) is 24.3 Å². The number of carbonyl (C=O) groups is 2. The van der Waals surface area contributed by atoms with Gasteiger partial charge in [0.05, 0.1) is 17.4 Å². The Labute approximate surface area is 223 Å². The van der Waals surface area contributed by atoms with Crippen molar-refractivity contribution in [1.29, 1.82) is 0 Å². The fourth-order valence-electron chi connectivity index (χ4n) is 5.81. The second-order valence-electron chi connectivity index (χ2n) is 11.9. The van der Waals surface area contributed by atoms with Crippen molar-refractivity contribution in [1.82, 2.24) is 0 Å². The summed E-state index contributed by atoms with van der Waals surface area (Å²) in [6, 6.07) is 22.0. The minimum atomic E-state index is -0.605. The number of rotatable bonds is 3.